The number of hydrogen-bond donors (Lipinski definition) is 1. The van der Waals surface area contributed by atoms with Gasteiger partial charge >= 0.3 is 0 Å². The average molecular weight is 281 g/mol. The van der Waals surface area contributed by atoms with Crippen LogP contribution in [0.25, 0.3) is 0 Å². The highest BCUT2D eigenvalue weighted by Crippen LogP contribution is 2.22. The molecule has 2 aromatic rings. The first kappa shape index (κ1) is 13.7. The van der Waals surface area contributed by atoms with Crippen molar-refractivity contribution < 1.29 is 13.0 Å². The smallest absolute Gasteiger partial charge is 0.162 e. The molecule has 0 aliphatic rings. The molecule has 19 heavy (non-hydrogen) atoms. The largest absolute Gasteiger partial charge is 0.398 e. The van der Waals surface area contributed by atoms with E-state index in [0.29, 0.717) is 16.1 Å². The van der Waals surface area contributed by atoms with E-state index in [1.165, 1.54) is 12.1 Å². The van der Waals surface area contributed by atoms with Crippen LogP contribution in [0.3, 0.4) is 0 Å². The molecule has 0 aliphatic heterocycles. The molecule has 0 fully saturated rings. The van der Waals surface area contributed by atoms with Crippen molar-refractivity contribution in [2.45, 2.75) is 17.6 Å². The third-order valence-electron chi connectivity index (χ3n) is 2.89. The maximum absolute atomic E-state index is 13.5. The number of nitrogens with two attached hydrogens (primary N) is 1. The van der Waals surface area contributed by atoms with Gasteiger partial charge in [0, 0.05) is 16.1 Å². The summed E-state index contributed by atoms with van der Waals surface area (Å²) in [6.45, 7) is 1.75. The highest BCUT2D eigenvalue weighted by Gasteiger charge is 2.14. The van der Waals surface area contributed by atoms with Crippen LogP contribution >= 0.6 is 0 Å². The van der Waals surface area contributed by atoms with E-state index in [-0.39, 0.29) is 11.3 Å². The molecule has 1 unspecified atom stereocenters. The highest BCUT2D eigenvalue weighted by atomic mass is 32.2. The second kappa shape index (κ2) is 5.48. The van der Waals surface area contributed by atoms with Crippen molar-refractivity contribution in [3.63, 3.8) is 0 Å². The van der Waals surface area contributed by atoms with Crippen molar-refractivity contribution in [3.8, 4) is 0 Å². The summed E-state index contributed by atoms with van der Waals surface area (Å²) in [7, 11) is -1.46. The molecule has 1 atom stereocenters. The van der Waals surface area contributed by atoms with E-state index in [4.69, 9.17) is 5.73 Å². The van der Waals surface area contributed by atoms with Gasteiger partial charge in [-0.15, -0.1) is 0 Å². The molecule has 0 aliphatic carbocycles. The molecule has 0 radical (unpaired) electrons. The molecule has 2 rings (SSSR count). The zero-order valence-electron chi connectivity index (χ0n) is 10.3. The van der Waals surface area contributed by atoms with E-state index in [1.54, 1.807) is 25.1 Å². The Kier molecular flexibility index (Phi) is 3.95. The molecule has 0 bridgehead atoms. The highest BCUT2D eigenvalue weighted by molar-refractivity contribution is 7.84. The Bertz CT molecular complexity index is 643. The van der Waals surface area contributed by atoms with Crippen LogP contribution < -0.4 is 5.73 Å². The number of rotatable bonds is 3. The number of hydrogen-bond acceptors (Lipinski definition) is 2. The van der Waals surface area contributed by atoms with Crippen molar-refractivity contribution in [1.29, 1.82) is 0 Å². The predicted octanol–water partition coefficient (Wildman–Crippen LogP) is 3.16. The lowest BCUT2D eigenvalue weighted by molar-refractivity contribution is 0.502. The zero-order valence-corrected chi connectivity index (χ0v) is 11.1. The Morgan fingerprint density at radius 1 is 1.16 bits per heavy atom. The quantitative estimate of drug-likeness (QED) is 0.878. The Morgan fingerprint density at radius 3 is 2.58 bits per heavy atom. The number of benzene rings is 2. The fourth-order valence-corrected chi connectivity index (χ4v) is 3.11. The van der Waals surface area contributed by atoms with E-state index >= 15 is 0 Å². The summed E-state index contributed by atoms with van der Waals surface area (Å²) in [6.07, 6.45) is 0. The van der Waals surface area contributed by atoms with Crippen LogP contribution in [0.5, 0.6) is 0 Å². The Morgan fingerprint density at radius 2 is 1.84 bits per heavy atom. The van der Waals surface area contributed by atoms with Crippen molar-refractivity contribution in [1.82, 2.24) is 0 Å². The molecule has 2 aromatic carbocycles. The SMILES string of the molecule is Cc1c(N)cccc1S(=O)Cc1cccc(F)c1F. The number of nitrogen functional groups attached to an aromatic ring is 1. The van der Waals surface area contributed by atoms with Gasteiger partial charge in [0.15, 0.2) is 11.6 Å². The van der Waals surface area contributed by atoms with Gasteiger partial charge in [0.1, 0.15) is 0 Å². The molecule has 0 saturated heterocycles. The molecule has 0 aromatic heterocycles. The van der Waals surface area contributed by atoms with Crippen molar-refractivity contribution in [3.05, 3.63) is 59.2 Å². The minimum Gasteiger partial charge on any atom is -0.398 e. The molecule has 2 N–H and O–H groups in total. The summed E-state index contributed by atoms with van der Waals surface area (Å²) in [5.41, 5.74) is 7.07. The molecular weight excluding hydrogens is 268 g/mol. The fourth-order valence-electron chi connectivity index (χ4n) is 1.76. The molecule has 0 saturated carbocycles. The van der Waals surface area contributed by atoms with Gasteiger partial charge in [-0.05, 0) is 30.7 Å². The predicted molar refractivity (Wildman–Crippen MR) is 72.1 cm³/mol. The lowest BCUT2D eigenvalue weighted by Crippen LogP contribution is -2.03. The van der Waals surface area contributed by atoms with Crippen molar-refractivity contribution in [2.24, 2.45) is 0 Å². The fraction of sp³-hybridized carbons (Fsp3) is 0.143. The number of halogens is 2. The Hall–Kier alpha value is -1.75. The minimum absolute atomic E-state index is 0.0755. The Labute approximate surface area is 112 Å². The maximum Gasteiger partial charge on any atom is 0.162 e. The molecule has 5 heteroatoms. The van der Waals surface area contributed by atoms with Gasteiger partial charge in [0.2, 0.25) is 0 Å². The second-order valence-corrected chi connectivity index (χ2v) is 5.59. The summed E-state index contributed by atoms with van der Waals surface area (Å²) < 4.78 is 38.8. The first-order valence-electron chi connectivity index (χ1n) is 5.67. The van der Waals surface area contributed by atoms with E-state index < -0.39 is 22.4 Å². The van der Waals surface area contributed by atoms with E-state index in [2.05, 4.69) is 0 Å². The van der Waals surface area contributed by atoms with Gasteiger partial charge in [-0.1, -0.05) is 18.2 Å². The van der Waals surface area contributed by atoms with Crippen LogP contribution in [0.4, 0.5) is 14.5 Å². The lowest BCUT2D eigenvalue weighted by Gasteiger charge is -2.09. The molecule has 2 nitrogen and oxygen atoms in total. The van der Waals surface area contributed by atoms with Crippen LogP contribution in [-0.2, 0) is 16.6 Å². The van der Waals surface area contributed by atoms with Crippen LogP contribution in [0, 0.1) is 18.6 Å². The van der Waals surface area contributed by atoms with Gasteiger partial charge in [0.25, 0.3) is 0 Å². The molecule has 0 heterocycles. The van der Waals surface area contributed by atoms with E-state index in [0.717, 1.165) is 6.07 Å². The summed E-state index contributed by atoms with van der Waals surface area (Å²) in [6, 6.07) is 8.94. The first-order valence-corrected chi connectivity index (χ1v) is 6.99. The van der Waals surface area contributed by atoms with Gasteiger partial charge in [0.05, 0.1) is 16.6 Å². The molecule has 0 amide bonds. The van der Waals surface area contributed by atoms with Gasteiger partial charge in [-0.25, -0.2) is 8.78 Å². The second-order valence-electron chi connectivity index (χ2n) is 4.17. The van der Waals surface area contributed by atoms with Crippen LogP contribution in [-0.4, -0.2) is 4.21 Å². The summed E-state index contributed by atoms with van der Waals surface area (Å²) in [4.78, 5) is 0.545. The van der Waals surface area contributed by atoms with Crippen LogP contribution in [0.1, 0.15) is 11.1 Å². The van der Waals surface area contributed by atoms with E-state index in [1.807, 2.05) is 0 Å². The van der Waals surface area contributed by atoms with Gasteiger partial charge in [-0.3, -0.25) is 4.21 Å². The van der Waals surface area contributed by atoms with Gasteiger partial charge in [-0.2, -0.15) is 0 Å². The average Bonchev–Trinajstić information content (AvgIpc) is 2.38. The third-order valence-corrected chi connectivity index (χ3v) is 4.40. The monoisotopic (exact) mass is 281 g/mol. The topological polar surface area (TPSA) is 43.1 Å². The molecule has 100 valence electrons. The maximum atomic E-state index is 13.5. The molecular formula is C14H13F2NOS. The summed E-state index contributed by atoms with van der Waals surface area (Å²) in [5.74, 6) is -1.95. The normalized spacial score (nSPS) is 12.4. The van der Waals surface area contributed by atoms with Crippen LogP contribution in [0.2, 0.25) is 0 Å². The standard InChI is InChI=1S/C14H13F2NOS/c1-9-12(17)6-3-7-13(9)19(18)8-10-4-2-5-11(15)14(10)16/h2-7H,8,17H2,1H3. The molecule has 0 spiro atoms. The third kappa shape index (κ3) is 2.81. The van der Waals surface area contributed by atoms with E-state index in [9.17, 15) is 13.0 Å². The van der Waals surface area contributed by atoms with Crippen LogP contribution in [0.15, 0.2) is 41.3 Å². The minimum atomic E-state index is -1.46. The summed E-state index contributed by atoms with van der Waals surface area (Å²) >= 11 is 0. The van der Waals surface area contributed by atoms with Crippen molar-refractivity contribution in [2.75, 3.05) is 5.73 Å². The lowest BCUT2D eigenvalue weighted by atomic mass is 10.2. The zero-order chi connectivity index (χ0) is 14.0. The number of anilines is 1. The summed E-state index contributed by atoms with van der Waals surface area (Å²) in [5, 5.41) is 0. The Balaban J connectivity index is 2.31. The first-order chi connectivity index (χ1) is 9.00. The van der Waals surface area contributed by atoms with Crippen molar-refractivity contribution >= 4 is 16.5 Å². The van der Waals surface area contributed by atoms with Gasteiger partial charge < -0.3 is 5.73 Å².